The van der Waals surface area contributed by atoms with Crippen LogP contribution in [0.3, 0.4) is 0 Å². The van der Waals surface area contributed by atoms with Crippen molar-refractivity contribution in [1.82, 2.24) is 10.2 Å². The van der Waals surface area contributed by atoms with Gasteiger partial charge in [0, 0.05) is 19.6 Å². The Balaban J connectivity index is 2.51. The molecule has 6 heteroatoms. The minimum atomic E-state index is -1.79. The van der Waals surface area contributed by atoms with E-state index in [0.29, 0.717) is 13.1 Å². The molecule has 1 atom stereocenters. The summed E-state index contributed by atoms with van der Waals surface area (Å²) in [5.74, 6) is -1.42. The van der Waals surface area contributed by atoms with Gasteiger partial charge in [-0.3, -0.25) is 9.69 Å². The maximum Gasteiger partial charge on any atom is 0.336 e. The predicted octanol–water partition coefficient (Wildman–Crippen LogP) is -1.75. The second-order valence-corrected chi connectivity index (χ2v) is 3.64. The van der Waals surface area contributed by atoms with Gasteiger partial charge >= 0.3 is 5.97 Å². The maximum absolute atomic E-state index is 10.9. The molecule has 0 radical (unpaired) electrons. The molecule has 1 rings (SSSR count). The molecule has 1 amide bonds. The number of β-amino-alcohol motifs (C(OH)–C–C–N with tert-alkyl or cyclic N) is 1. The van der Waals surface area contributed by atoms with Crippen LogP contribution in [0.15, 0.2) is 0 Å². The molecule has 0 aromatic carbocycles. The van der Waals surface area contributed by atoms with Crippen LogP contribution < -0.4 is 5.32 Å². The van der Waals surface area contributed by atoms with E-state index in [1.165, 1.54) is 6.92 Å². The van der Waals surface area contributed by atoms with E-state index >= 15 is 0 Å². The van der Waals surface area contributed by atoms with E-state index in [2.05, 4.69) is 5.32 Å². The number of carboxylic acid groups (broad SMARTS) is 1. The third-order valence-electron chi connectivity index (χ3n) is 2.11. The molecular weight excluding hydrogens is 188 g/mol. The van der Waals surface area contributed by atoms with Gasteiger partial charge in [-0.05, 0) is 6.92 Å². The first-order valence-electron chi connectivity index (χ1n) is 4.36. The average molecular weight is 202 g/mol. The number of amides is 1. The number of aliphatic carboxylic acids is 1. The number of carbonyl (C=O) groups excluding carboxylic acids is 1. The highest BCUT2D eigenvalue weighted by Crippen LogP contribution is 2.07. The molecule has 14 heavy (non-hydrogen) atoms. The van der Waals surface area contributed by atoms with Crippen molar-refractivity contribution in [2.24, 2.45) is 0 Å². The standard InChI is InChI=1S/C8H14N2O4/c1-8(14,7(12)13)5-10-3-2-9-6(11)4-10/h14H,2-5H2,1H3,(H,9,11)(H,12,13). The zero-order valence-electron chi connectivity index (χ0n) is 7.99. The molecule has 1 unspecified atom stereocenters. The van der Waals surface area contributed by atoms with Crippen LogP contribution >= 0.6 is 0 Å². The number of carbonyl (C=O) groups is 2. The first-order valence-corrected chi connectivity index (χ1v) is 4.36. The van der Waals surface area contributed by atoms with Gasteiger partial charge in [0.2, 0.25) is 5.91 Å². The van der Waals surface area contributed by atoms with Gasteiger partial charge < -0.3 is 15.5 Å². The number of hydrogen-bond acceptors (Lipinski definition) is 4. The van der Waals surface area contributed by atoms with Crippen LogP contribution in [-0.2, 0) is 9.59 Å². The van der Waals surface area contributed by atoms with Crippen molar-refractivity contribution in [2.45, 2.75) is 12.5 Å². The number of nitrogens with zero attached hydrogens (tertiary/aromatic N) is 1. The Hall–Kier alpha value is -1.14. The molecule has 1 aliphatic rings. The summed E-state index contributed by atoms with van der Waals surface area (Å²) in [4.78, 5) is 23.2. The van der Waals surface area contributed by atoms with Crippen molar-refractivity contribution in [3.8, 4) is 0 Å². The predicted molar refractivity (Wildman–Crippen MR) is 47.7 cm³/mol. The summed E-state index contributed by atoms with van der Waals surface area (Å²) in [6, 6.07) is 0. The Kier molecular flexibility index (Phi) is 3.07. The Bertz CT molecular complexity index is 252. The second-order valence-electron chi connectivity index (χ2n) is 3.64. The maximum atomic E-state index is 10.9. The van der Waals surface area contributed by atoms with Crippen LogP contribution in [0.5, 0.6) is 0 Å². The molecule has 80 valence electrons. The largest absolute Gasteiger partial charge is 0.479 e. The first kappa shape index (κ1) is 10.9. The zero-order chi connectivity index (χ0) is 10.8. The minimum Gasteiger partial charge on any atom is -0.479 e. The molecule has 1 heterocycles. The van der Waals surface area contributed by atoms with Gasteiger partial charge in [-0.2, -0.15) is 0 Å². The smallest absolute Gasteiger partial charge is 0.336 e. The van der Waals surface area contributed by atoms with Crippen LogP contribution in [0.4, 0.5) is 0 Å². The summed E-state index contributed by atoms with van der Waals surface area (Å²) in [5.41, 5.74) is -1.79. The number of piperazine rings is 1. The van der Waals surface area contributed by atoms with E-state index in [4.69, 9.17) is 5.11 Å². The van der Waals surface area contributed by atoms with Gasteiger partial charge in [-0.1, -0.05) is 0 Å². The van der Waals surface area contributed by atoms with Crippen LogP contribution in [-0.4, -0.2) is 58.8 Å². The fourth-order valence-corrected chi connectivity index (χ4v) is 1.33. The van der Waals surface area contributed by atoms with Crippen LogP contribution in [0, 0.1) is 0 Å². The van der Waals surface area contributed by atoms with Crippen LogP contribution in [0.1, 0.15) is 6.92 Å². The molecule has 0 aromatic rings. The Labute approximate surface area is 81.5 Å². The van der Waals surface area contributed by atoms with E-state index in [0.717, 1.165) is 0 Å². The zero-order valence-corrected chi connectivity index (χ0v) is 7.99. The van der Waals surface area contributed by atoms with Crippen molar-refractivity contribution in [3.05, 3.63) is 0 Å². The first-order chi connectivity index (χ1) is 6.42. The van der Waals surface area contributed by atoms with Crippen molar-refractivity contribution in [1.29, 1.82) is 0 Å². The molecule has 0 aromatic heterocycles. The van der Waals surface area contributed by atoms with E-state index < -0.39 is 11.6 Å². The van der Waals surface area contributed by atoms with Gasteiger partial charge in [0.1, 0.15) is 0 Å². The molecule has 3 N–H and O–H groups in total. The van der Waals surface area contributed by atoms with Crippen molar-refractivity contribution in [2.75, 3.05) is 26.2 Å². The Morgan fingerprint density at radius 3 is 2.86 bits per heavy atom. The lowest BCUT2D eigenvalue weighted by atomic mass is 10.1. The quantitative estimate of drug-likeness (QED) is 0.505. The SMILES string of the molecule is CC(O)(CN1CCNC(=O)C1)C(=O)O. The lowest BCUT2D eigenvalue weighted by Crippen LogP contribution is -2.54. The van der Waals surface area contributed by atoms with Gasteiger partial charge in [0.05, 0.1) is 6.54 Å². The van der Waals surface area contributed by atoms with E-state index in [9.17, 15) is 14.7 Å². The van der Waals surface area contributed by atoms with Gasteiger partial charge in [-0.25, -0.2) is 4.79 Å². The molecule has 1 saturated heterocycles. The highest BCUT2D eigenvalue weighted by molar-refractivity contribution is 5.79. The molecule has 0 spiro atoms. The molecule has 0 saturated carbocycles. The molecule has 0 aliphatic carbocycles. The molecule has 1 aliphatic heterocycles. The average Bonchev–Trinajstić information content (AvgIpc) is 2.02. The molecule has 1 fully saturated rings. The highest BCUT2D eigenvalue weighted by atomic mass is 16.4. The monoisotopic (exact) mass is 202 g/mol. The third kappa shape index (κ3) is 2.68. The van der Waals surface area contributed by atoms with E-state index in [-0.39, 0.29) is 19.0 Å². The van der Waals surface area contributed by atoms with Gasteiger partial charge in [-0.15, -0.1) is 0 Å². The van der Waals surface area contributed by atoms with Crippen LogP contribution in [0.25, 0.3) is 0 Å². The summed E-state index contributed by atoms with van der Waals surface area (Å²) in [6.45, 7) is 2.39. The Morgan fingerprint density at radius 1 is 1.71 bits per heavy atom. The number of hydrogen-bond donors (Lipinski definition) is 3. The van der Waals surface area contributed by atoms with E-state index in [1.54, 1.807) is 4.90 Å². The van der Waals surface area contributed by atoms with Gasteiger partial charge in [0.15, 0.2) is 5.60 Å². The van der Waals surface area contributed by atoms with Crippen LogP contribution in [0.2, 0.25) is 0 Å². The molecule has 0 bridgehead atoms. The number of rotatable bonds is 3. The molecule has 6 nitrogen and oxygen atoms in total. The topological polar surface area (TPSA) is 89.9 Å². The lowest BCUT2D eigenvalue weighted by molar-refractivity contribution is -0.159. The summed E-state index contributed by atoms with van der Waals surface area (Å²) in [5, 5.41) is 20.7. The summed E-state index contributed by atoms with van der Waals surface area (Å²) >= 11 is 0. The number of nitrogens with one attached hydrogen (secondary N) is 1. The lowest BCUT2D eigenvalue weighted by Gasteiger charge is -2.31. The Morgan fingerprint density at radius 2 is 2.36 bits per heavy atom. The fraction of sp³-hybridized carbons (Fsp3) is 0.750. The van der Waals surface area contributed by atoms with Crippen molar-refractivity contribution >= 4 is 11.9 Å². The third-order valence-corrected chi connectivity index (χ3v) is 2.11. The number of aliphatic hydroxyl groups is 1. The second kappa shape index (κ2) is 3.93. The normalized spacial score (nSPS) is 22.6. The number of carboxylic acids is 1. The van der Waals surface area contributed by atoms with E-state index in [1.807, 2.05) is 0 Å². The summed E-state index contributed by atoms with van der Waals surface area (Å²) in [7, 11) is 0. The van der Waals surface area contributed by atoms with Gasteiger partial charge in [0.25, 0.3) is 0 Å². The fourth-order valence-electron chi connectivity index (χ4n) is 1.33. The van der Waals surface area contributed by atoms with Crippen molar-refractivity contribution in [3.63, 3.8) is 0 Å². The summed E-state index contributed by atoms with van der Waals surface area (Å²) < 4.78 is 0. The minimum absolute atomic E-state index is 0.0320. The summed E-state index contributed by atoms with van der Waals surface area (Å²) in [6.07, 6.45) is 0. The highest BCUT2D eigenvalue weighted by Gasteiger charge is 2.33. The van der Waals surface area contributed by atoms with Crippen molar-refractivity contribution < 1.29 is 19.8 Å². The molecular formula is C8H14N2O4.